The molecule has 0 saturated heterocycles. The number of methoxy groups -OCH3 is 2. The first kappa shape index (κ1) is 20.0. The van der Waals surface area contributed by atoms with Crippen molar-refractivity contribution in [3.63, 3.8) is 0 Å². The molecule has 2 rings (SSSR count). The van der Waals surface area contributed by atoms with Crippen LogP contribution in [0.4, 0.5) is 0 Å². The summed E-state index contributed by atoms with van der Waals surface area (Å²) in [6, 6.07) is 14.6. The second-order valence-corrected chi connectivity index (χ2v) is 5.96. The first-order valence-electron chi connectivity index (χ1n) is 8.51. The van der Waals surface area contributed by atoms with E-state index in [0.29, 0.717) is 17.1 Å². The predicted octanol–water partition coefficient (Wildman–Crippen LogP) is 3.06. The van der Waals surface area contributed by atoms with Gasteiger partial charge in [0.2, 0.25) is 5.91 Å². The second-order valence-electron chi connectivity index (χ2n) is 5.96. The highest BCUT2D eigenvalue weighted by molar-refractivity contribution is 6.01. The Bertz CT molecular complexity index is 831. The fourth-order valence-electron chi connectivity index (χ4n) is 2.56. The average molecular weight is 368 g/mol. The summed E-state index contributed by atoms with van der Waals surface area (Å²) in [7, 11) is 3.09. The van der Waals surface area contributed by atoms with E-state index in [9.17, 15) is 9.59 Å². The number of hydrogen-bond acceptors (Lipinski definition) is 4. The van der Waals surface area contributed by atoms with Crippen molar-refractivity contribution >= 4 is 17.9 Å². The molecule has 0 aliphatic carbocycles. The lowest BCUT2D eigenvalue weighted by Gasteiger charge is -2.16. The molecule has 0 bridgehead atoms. The van der Waals surface area contributed by atoms with Crippen LogP contribution in [0, 0.1) is 0 Å². The lowest BCUT2D eigenvalue weighted by molar-refractivity contribution is -0.122. The molecule has 0 fully saturated rings. The summed E-state index contributed by atoms with van der Waals surface area (Å²) in [4.78, 5) is 24.2. The lowest BCUT2D eigenvalue weighted by Crippen LogP contribution is -2.35. The molecule has 1 unspecified atom stereocenters. The Balaban J connectivity index is 2.27. The molecule has 0 aliphatic rings. The van der Waals surface area contributed by atoms with Gasteiger partial charge in [0, 0.05) is 6.92 Å². The van der Waals surface area contributed by atoms with Gasteiger partial charge < -0.3 is 20.1 Å². The van der Waals surface area contributed by atoms with Crippen molar-refractivity contribution in [2.45, 2.75) is 19.9 Å². The number of carbonyl (C=O) groups is 2. The number of rotatable bonds is 7. The Morgan fingerprint density at radius 2 is 1.67 bits per heavy atom. The second kappa shape index (κ2) is 9.43. The summed E-state index contributed by atoms with van der Waals surface area (Å²) < 4.78 is 10.5. The monoisotopic (exact) mass is 368 g/mol. The van der Waals surface area contributed by atoms with E-state index in [1.807, 2.05) is 37.3 Å². The maximum Gasteiger partial charge on any atom is 0.268 e. The van der Waals surface area contributed by atoms with Crippen LogP contribution in [0.25, 0.3) is 6.08 Å². The number of benzene rings is 2. The van der Waals surface area contributed by atoms with Crippen molar-refractivity contribution < 1.29 is 19.1 Å². The molecular weight excluding hydrogens is 344 g/mol. The summed E-state index contributed by atoms with van der Waals surface area (Å²) in [5.74, 6) is 0.407. The molecule has 27 heavy (non-hydrogen) atoms. The van der Waals surface area contributed by atoms with Crippen LogP contribution in [0.3, 0.4) is 0 Å². The zero-order valence-corrected chi connectivity index (χ0v) is 15.9. The molecular formula is C21H24N2O4. The Kier molecular flexibility index (Phi) is 7.00. The third kappa shape index (κ3) is 5.60. The topological polar surface area (TPSA) is 76.7 Å². The molecule has 2 aromatic carbocycles. The van der Waals surface area contributed by atoms with Crippen LogP contribution in [-0.2, 0) is 9.59 Å². The molecule has 2 amide bonds. The van der Waals surface area contributed by atoms with Crippen molar-refractivity contribution in [2.24, 2.45) is 0 Å². The van der Waals surface area contributed by atoms with E-state index in [4.69, 9.17) is 9.47 Å². The van der Waals surface area contributed by atoms with Crippen molar-refractivity contribution in [2.75, 3.05) is 14.2 Å². The first-order valence-corrected chi connectivity index (χ1v) is 8.51. The minimum atomic E-state index is -0.378. The fourth-order valence-corrected chi connectivity index (χ4v) is 2.56. The molecule has 0 saturated carbocycles. The van der Waals surface area contributed by atoms with E-state index in [0.717, 1.165) is 5.56 Å². The molecule has 0 radical (unpaired) electrons. The molecule has 0 aliphatic heterocycles. The van der Waals surface area contributed by atoms with E-state index in [1.165, 1.54) is 14.0 Å². The number of hydrogen-bond donors (Lipinski definition) is 2. The SMILES string of the molecule is COc1ccc(C=C(NC(C)=O)C(=O)NC(C)c2ccccc2)cc1OC. The van der Waals surface area contributed by atoms with E-state index in [1.54, 1.807) is 31.4 Å². The van der Waals surface area contributed by atoms with E-state index in [-0.39, 0.29) is 23.6 Å². The van der Waals surface area contributed by atoms with Crippen LogP contribution in [0.2, 0.25) is 0 Å². The summed E-state index contributed by atoms with van der Waals surface area (Å²) in [5.41, 5.74) is 1.82. The summed E-state index contributed by atoms with van der Waals surface area (Å²) in [6.07, 6.45) is 1.59. The van der Waals surface area contributed by atoms with Gasteiger partial charge in [0.15, 0.2) is 11.5 Å². The standard InChI is InChI=1S/C21H24N2O4/c1-14(17-8-6-5-7-9-17)22-21(25)18(23-15(2)24)12-16-10-11-19(26-3)20(13-16)27-4/h5-14H,1-4H3,(H,22,25)(H,23,24). The van der Waals surface area contributed by atoms with Crippen LogP contribution in [0.1, 0.15) is 31.0 Å². The largest absolute Gasteiger partial charge is 0.493 e. The summed E-state index contributed by atoms with van der Waals surface area (Å²) >= 11 is 0. The van der Waals surface area contributed by atoms with Gasteiger partial charge in [-0.15, -0.1) is 0 Å². The van der Waals surface area contributed by atoms with Crippen LogP contribution >= 0.6 is 0 Å². The smallest absolute Gasteiger partial charge is 0.268 e. The normalized spacial score (nSPS) is 12.1. The quantitative estimate of drug-likeness (QED) is 0.737. The molecule has 1 atom stereocenters. The van der Waals surface area contributed by atoms with Crippen LogP contribution in [-0.4, -0.2) is 26.0 Å². The third-order valence-corrected chi connectivity index (χ3v) is 3.92. The third-order valence-electron chi connectivity index (χ3n) is 3.92. The highest BCUT2D eigenvalue weighted by Gasteiger charge is 2.15. The van der Waals surface area contributed by atoms with Gasteiger partial charge in [-0.2, -0.15) is 0 Å². The first-order chi connectivity index (χ1) is 12.9. The lowest BCUT2D eigenvalue weighted by atomic mass is 10.1. The average Bonchev–Trinajstić information content (AvgIpc) is 2.67. The number of carbonyl (C=O) groups excluding carboxylic acids is 2. The Hall–Kier alpha value is -3.28. The van der Waals surface area contributed by atoms with Gasteiger partial charge >= 0.3 is 0 Å². The highest BCUT2D eigenvalue weighted by atomic mass is 16.5. The van der Waals surface area contributed by atoms with Gasteiger partial charge in [-0.05, 0) is 36.3 Å². The Labute approximate surface area is 159 Å². The zero-order valence-electron chi connectivity index (χ0n) is 15.9. The van der Waals surface area contributed by atoms with Crippen LogP contribution in [0.15, 0.2) is 54.2 Å². The van der Waals surface area contributed by atoms with Crippen molar-refractivity contribution in [3.05, 3.63) is 65.4 Å². The number of ether oxygens (including phenoxy) is 2. The molecule has 0 aromatic heterocycles. The maximum atomic E-state index is 12.7. The molecule has 0 heterocycles. The Morgan fingerprint density at radius 1 is 1.00 bits per heavy atom. The van der Waals surface area contributed by atoms with E-state index >= 15 is 0 Å². The van der Waals surface area contributed by atoms with E-state index in [2.05, 4.69) is 10.6 Å². The zero-order chi connectivity index (χ0) is 19.8. The van der Waals surface area contributed by atoms with Gasteiger partial charge in [0.25, 0.3) is 5.91 Å². The van der Waals surface area contributed by atoms with Crippen molar-refractivity contribution in [1.29, 1.82) is 0 Å². The summed E-state index contributed by atoms with van der Waals surface area (Å²) in [5, 5.41) is 5.48. The van der Waals surface area contributed by atoms with Gasteiger partial charge in [0.1, 0.15) is 5.70 Å². The molecule has 2 aromatic rings. The molecule has 142 valence electrons. The number of amides is 2. The molecule has 6 heteroatoms. The molecule has 6 nitrogen and oxygen atoms in total. The summed E-state index contributed by atoms with van der Waals surface area (Å²) in [6.45, 7) is 3.24. The van der Waals surface area contributed by atoms with Crippen LogP contribution in [0.5, 0.6) is 11.5 Å². The van der Waals surface area contributed by atoms with Gasteiger partial charge in [-0.1, -0.05) is 36.4 Å². The van der Waals surface area contributed by atoms with Crippen molar-refractivity contribution in [3.8, 4) is 11.5 Å². The molecule has 0 spiro atoms. The van der Waals surface area contributed by atoms with Crippen molar-refractivity contribution in [1.82, 2.24) is 10.6 Å². The highest BCUT2D eigenvalue weighted by Crippen LogP contribution is 2.28. The predicted molar refractivity (Wildman–Crippen MR) is 104 cm³/mol. The van der Waals surface area contributed by atoms with Crippen LogP contribution < -0.4 is 20.1 Å². The number of nitrogens with one attached hydrogen (secondary N) is 2. The van der Waals surface area contributed by atoms with Gasteiger partial charge in [0.05, 0.1) is 20.3 Å². The van der Waals surface area contributed by atoms with Gasteiger partial charge in [-0.25, -0.2) is 0 Å². The fraction of sp³-hybridized carbons (Fsp3) is 0.238. The van der Waals surface area contributed by atoms with E-state index < -0.39 is 0 Å². The molecule has 2 N–H and O–H groups in total. The Morgan fingerprint density at radius 3 is 2.26 bits per heavy atom. The maximum absolute atomic E-state index is 12.7. The minimum Gasteiger partial charge on any atom is -0.493 e. The van der Waals surface area contributed by atoms with Gasteiger partial charge in [-0.3, -0.25) is 9.59 Å². The minimum absolute atomic E-state index is 0.150.